The number of aliphatic hydroxyl groups excluding tert-OH is 1. The van der Waals surface area contributed by atoms with E-state index in [-0.39, 0.29) is 12.5 Å². The Morgan fingerprint density at radius 3 is 2.95 bits per heavy atom. The zero-order valence-electron chi connectivity index (χ0n) is 11.3. The Bertz CT molecular complexity index is 568. The molecule has 2 atom stereocenters. The van der Waals surface area contributed by atoms with Crippen molar-refractivity contribution in [3.8, 4) is 17.6 Å². The van der Waals surface area contributed by atoms with Crippen LogP contribution < -0.4 is 4.74 Å². The number of ether oxygens (including phenoxy) is 1. The van der Waals surface area contributed by atoms with Crippen molar-refractivity contribution in [2.75, 3.05) is 13.1 Å². The van der Waals surface area contributed by atoms with E-state index in [1.54, 1.807) is 29.0 Å². The second-order valence-electron chi connectivity index (χ2n) is 5.33. The summed E-state index contributed by atoms with van der Waals surface area (Å²) in [6.07, 6.45) is 4.38. The summed E-state index contributed by atoms with van der Waals surface area (Å²) in [6, 6.07) is 0. The fourth-order valence-corrected chi connectivity index (χ4v) is 2.14. The van der Waals surface area contributed by atoms with E-state index in [4.69, 9.17) is 4.74 Å². The van der Waals surface area contributed by atoms with Gasteiger partial charge >= 0.3 is 0 Å². The standard InChI is InChI=1S/C14H17N3O3/c1-16-7-11(6-15-16)20-13-9-17(8-12(13)18)14(19)5-4-10-2-3-10/h6-7,10,12-13,18H,2-3,8-9H2,1H3/t12-,13-/m1/s1. The number of carbonyl (C=O) groups excluding carboxylic acids is 1. The summed E-state index contributed by atoms with van der Waals surface area (Å²) in [6.45, 7) is 0.622. The Balaban J connectivity index is 1.58. The van der Waals surface area contributed by atoms with Crippen LogP contribution >= 0.6 is 0 Å². The van der Waals surface area contributed by atoms with Crippen LogP contribution in [0.3, 0.4) is 0 Å². The third-order valence-electron chi connectivity index (χ3n) is 3.45. The molecule has 0 spiro atoms. The van der Waals surface area contributed by atoms with E-state index >= 15 is 0 Å². The first-order valence-corrected chi connectivity index (χ1v) is 6.75. The SMILES string of the molecule is Cn1cc(O[C@@H]2CN(C(=O)C#CC3CC3)C[C@H]2O)cn1. The summed E-state index contributed by atoms with van der Waals surface area (Å²) >= 11 is 0. The van der Waals surface area contributed by atoms with Crippen LogP contribution in [-0.4, -0.2) is 51.0 Å². The zero-order valence-corrected chi connectivity index (χ0v) is 11.3. The molecule has 2 aliphatic rings. The molecule has 106 valence electrons. The molecule has 0 aromatic carbocycles. The predicted octanol–water partition coefficient (Wildman–Crippen LogP) is -0.216. The Morgan fingerprint density at radius 1 is 1.50 bits per heavy atom. The van der Waals surface area contributed by atoms with Crippen molar-refractivity contribution < 1.29 is 14.6 Å². The monoisotopic (exact) mass is 275 g/mol. The second kappa shape index (κ2) is 5.17. The number of aliphatic hydroxyl groups is 1. The smallest absolute Gasteiger partial charge is 0.298 e. The van der Waals surface area contributed by atoms with Gasteiger partial charge in [0.1, 0.15) is 12.2 Å². The third-order valence-corrected chi connectivity index (χ3v) is 3.45. The van der Waals surface area contributed by atoms with Crippen molar-refractivity contribution >= 4 is 5.91 Å². The number of β-amino-alcohol motifs (C(OH)–C–C–N with tert-alkyl or cyclic N) is 1. The summed E-state index contributed by atoms with van der Waals surface area (Å²) in [5.41, 5.74) is 0. The highest BCUT2D eigenvalue weighted by Gasteiger charge is 2.35. The molecule has 1 aromatic heterocycles. The van der Waals surface area contributed by atoms with E-state index in [9.17, 15) is 9.90 Å². The van der Waals surface area contributed by atoms with Gasteiger partial charge in [0.05, 0.1) is 25.5 Å². The minimum Gasteiger partial charge on any atom is -0.482 e. The highest BCUT2D eigenvalue weighted by molar-refractivity contribution is 5.93. The molecule has 2 heterocycles. The highest BCUT2D eigenvalue weighted by atomic mass is 16.5. The van der Waals surface area contributed by atoms with Crippen LogP contribution in [0.2, 0.25) is 0 Å². The Kier molecular flexibility index (Phi) is 3.36. The topological polar surface area (TPSA) is 67.6 Å². The summed E-state index contributed by atoms with van der Waals surface area (Å²) in [7, 11) is 1.79. The molecule has 0 unspecified atom stereocenters. The molecular weight excluding hydrogens is 258 g/mol. The van der Waals surface area contributed by atoms with Gasteiger partial charge in [-0.05, 0) is 18.8 Å². The molecule has 1 aliphatic heterocycles. The average Bonchev–Trinajstić information content (AvgIpc) is 3.06. The normalized spacial score (nSPS) is 25.2. The van der Waals surface area contributed by atoms with Crippen molar-refractivity contribution in [3.05, 3.63) is 12.4 Å². The van der Waals surface area contributed by atoms with E-state index in [0.29, 0.717) is 18.2 Å². The maximum atomic E-state index is 11.9. The molecule has 1 N–H and O–H groups in total. The van der Waals surface area contributed by atoms with Crippen molar-refractivity contribution in [3.63, 3.8) is 0 Å². The summed E-state index contributed by atoms with van der Waals surface area (Å²) < 4.78 is 7.28. The van der Waals surface area contributed by atoms with Crippen LogP contribution in [0.5, 0.6) is 5.75 Å². The van der Waals surface area contributed by atoms with Crippen LogP contribution in [0.15, 0.2) is 12.4 Å². The molecule has 3 rings (SSSR count). The van der Waals surface area contributed by atoms with Crippen LogP contribution in [0.1, 0.15) is 12.8 Å². The number of hydrogen-bond acceptors (Lipinski definition) is 4. The van der Waals surface area contributed by atoms with Crippen molar-refractivity contribution in [1.29, 1.82) is 0 Å². The lowest BCUT2D eigenvalue weighted by Gasteiger charge is -2.14. The van der Waals surface area contributed by atoms with Gasteiger partial charge in [0.15, 0.2) is 5.75 Å². The molecule has 0 radical (unpaired) electrons. The van der Waals surface area contributed by atoms with E-state index in [0.717, 1.165) is 12.8 Å². The molecule has 20 heavy (non-hydrogen) atoms. The fourth-order valence-electron chi connectivity index (χ4n) is 2.14. The van der Waals surface area contributed by atoms with E-state index < -0.39 is 12.2 Å². The van der Waals surface area contributed by atoms with Crippen LogP contribution in [0.25, 0.3) is 0 Å². The van der Waals surface area contributed by atoms with Gasteiger partial charge < -0.3 is 14.7 Å². The number of carbonyl (C=O) groups is 1. The van der Waals surface area contributed by atoms with Crippen LogP contribution in [0.4, 0.5) is 0 Å². The second-order valence-corrected chi connectivity index (χ2v) is 5.33. The first-order valence-electron chi connectivity index (χ1n) is 6.75. The first-order chi connectivity index (χ1) is 9.61. The maximum absolute atomic E-state index is 11.9. The Morgan fingerprint density at radius 2 is 2.30 bits per heavy atom. The van der Waals surface area contributed by atoms with Gasteiger partial charge in [-0.25, -0.2) is 0 Å². The zero-order chi connectivity index (χ0) is 14.1. The van der Waals surface area contributed by atoms with Crippen molar-refractivity contribution in [2.45, 2.75) is 25.0 Å². The lowest BCUT2D eigenvalue weighted by Crippen LogP contribution is -2.30. The molecule has 1 amide bonds. The molecule has 2 fully saturated rings. The highest BCUT2D eigenvalue weighted by Crippen LogP contribution is 2.27. The number of aryl methyl sites for hydroxylation is 1. The summed E-state index contributed by atoms with van der Waals surface area (Å²) in [5, 5.41) is 14.0. The number of likely N-dealkylation sites (tertiary alicyclic amines) is 1. The number of amides is 1. The van der Waals surface area contributed by atoms with E-state index in [1.165, 1.54) is 0 Å². The van der Waals surface area contributed by atoms with Gasteiger partial charge in [-0.2, -0.15) is 5.10 Å². The molecule has 6 heteroatoms. The number of rotatable bonds is 2. The van der Waals surface area contributed by atoms with Crippen molar-refractivity contribution in [2.24, 2.45) is 13.0 Å². The van der Waals surface area contributed by atoms with E-state index in [2.05, 4.69) is 16.9 Å². The number of aromatic nitrogens is 2. The largest absolute Gasteiger partial charge is 0.482 e. The Labute approximate surface area is 117 Å². The van der Waals surface area contributed by atoms with Gasteiger partial charge in [-0.15, -0.1) is 0 Å². The molecule has 0 bridgehead atoms. The van der Waals surface area contributed by atoms with Gasteiger partial charge in [0.2, 0.25) is 0 Å². The Hall–Kier alpha value is -2.00. The molecule has 1 aliphatic carbocycles. The van der Waals surface area contributed by atoms with Crippen LogP contribution in [0, 0.1) is 17.8 Å². The summed E-state index contributed by atoms with van der Waals surface area (Å²) in [5.74, 6) is 6.35. The van der Waals surface area contributed by atoms with Gasteiger partial charge in [0.25, 0.3) is 5.91 Å². The van der Waals surface area contributed by atoms with Crippen molar-refractivity contribution in [1.82, 2.24) is 14.7 Å². The minimum absolute atomic E-state index is 0.228. The van der Waals surface area contributed by atoms with E-state index in [1.807, 2.05) is 0 Å². The summed E-state index contributed by atoms with van der Waals surface area (Å²) in [4.78, 5) is 13.4. The fraction of sp³-hybridized carbons (Fsp3) is 0.571. The van der Waals surface area contributed by atoms with Gasteiger partial charge in [0, 0.05) is 13.0 Å². The number of nitrogens with zero attached hydrogens (tertiary/aromatic N) is 3. The lowest BCUT2D eigenvalue weighted by molar-refractivity contribution is -0.124. The molecule has 1 saturated carbocycles. The van der Waals surface area contributed by atoms with Crippen LogP contribution in [-0.2, 0) is 11.8 Å². The average molecular weight is 275 g/mol. The predicted molar refractivity (Wildman–Crippen MR) is 70.7 cm³/mol. The lowest BCUT2D eigenvalue weighted by atomic mass is 10.3. The molecule has 1 aromatic rings. The van der Waals surface area contributed by atoms with Gasteiger partial charge in [-0.1, -0.05) is 5.92 Å². The molecular formula is C14H17N3O3. The third kappa shape index (κ3) is 2.94. The molecule has 1 saturated heterocycles. The molecule has 6 nitrogen and oxygen atoms in total. The minimum atomic E-state index is -0.693. The quantitative estimate of drug-likeness (QED) is 0.758. The number of hydrogen-bond donors (Lipinski definition) is 1. The van der Waals surface area contributed by atoms with Gasteiger partial charge in [-0.3, -0.25) is 9.48 Å². The first kappa shape index (κ1) is 13.0. The maximum Gasteiger partial charge on any atom is 0.298 e.